The summed E-state index contributed by atoms with van der Waals surface area (Å²) in [5.74, 6) is -2.58. The lowest BCUT2D eigenvalue weighted by atomic mass is 9.90. The number of halogens is 1. The number of benzene rings is 1. The average molecular weight is 423 g/mol. The number of nitrogens with one attached hydrogen (secondary N) is 1. The Morgan fingerprint density at radius 2 is 1.87 bits per heavy atom. The number of fused-ring (bicyclic) bond motifs is 1. The van der Waals surface area contributed by atoms with Crippen molar-refractivity contribution in [2.24, 2.45) is 11.5 Å². The van der Waals surface area contributed by atoms with E-state index in [4.69, 9.17) is 11.5 Å². The van der Waals surface area contributed by atoms with E-state index >= 15 is 0 Å². The summed E-state index contributed by atoms with van der Waals surface area (Å²) >= 11 is 0. The third-order valence-electron chi connectivity index (χ3n) is 4.97. The number of aromatic nitrogens is 1. The van der Waals surface area contributed by atoms with Gasteiger partial charge in [-0.25, -0.2) is 4.39 Å². The van der Waals surface area contributed by atoms with Crippen LogP contribution in [-0.2, 0) is 4.79 Å². The van der Waals surface area contributed by atoms with Crippen LogP contribution in [0.3, 0.4) is 0 Å². The molecule has 0 fully saturated rings. The second-order valence-corrected chi connectivity index (χ2v) is 7.29. The van der Waals surface area contributed by atoms with Crippen LogP contribution in [0.1, 0.15) is 50.2 Å². The predicted molar refractivity (Wildman–Crippen MR) is 113 cm³/mol. The fourth-order valence-electron chi connectivity index (χ4n) is 3.28. The third-order valence-corrected chi connectivity index (χ3v) is 4.97. The maximum absolute atomic E-state index is 13.3. The van der Waals surface area contributed by atoms with Crippen LogP contribution in [-0.4, -0.2) is 34.7 Å². The Kier molecular flexibility index (Phi) is 5.87. The van der Waals surface area contributed by atoms with Gasteiger partial charge in [0.1, 0.15) is 11.6 Å². The minimum absolute atomic E-state index is 0.00739. The Labute approximate surface area is 178 Å². The van der Waals surface area contributed by atoms with E-state index in [-0.39, 0.29) is 22.6 Å². The molecule has 8 nitrogen and oxygen atoms in total. The molecule has 0 spiro atoms. The lowest BCUT2D eigenvalue weighted by molar-refractivity contribution is -0.121. The highest BCUT2D eigenvalue weighted by Crippen LogP contribution is 2.31. The molecule has 1 aliphatic heterocycles. The van der Waals surface area contributed by atoms with E-state index in [9.17, 15) is 18.8 Å². The monoisotopic (exact) mass is 423 g/mol. The van der Waals surface area contributed by atoms with E-state index in [0.717, 1.165) is 16.7 Å². The second kappa shape index (κ2) is 8.39. The molecule has 3 rings (SSSR count). The van der Waals surface area contributed by atoms with Crippen LogP contribution in [0.4, 0.5) is 4.39 Å². The average Bonchev–Trinajstić information content (AvgIpc) is 2.94. The van der Waals surface area contributed by atoms with Gasteiger partial charge in [0, 0.05) is 24.5 Å². The van der Waals surface area contributed by atoms with Gasteiger partial charge < -0.3 is 16.8 Å². The molecule has 1 aromatic heterocycles. The van der Waals surface area contributed by atoms with Crippen LogP contribution in [0.2, 0.25) is 0 Å². The van der Waals surface area contributed by atoms with Crippen LogP contribution in [0.25, 0.3) is 5.70 Å². The van der Waals surface area contributed by atoms with Crippen LogP contribution >= 0.6 is 0 Å². The van der Waals surface area contributed by atoms with E-state index in [2.05, 4.69) is 10.3 Å². The largest absolute Gasteiger partial charge is 0.398 e. The van der Waals surface area contributed by atoms with Gasteiger partial charge in [-0.2, -0.15) is 0 Å². The molecule has 0 saturated carbocycles. The van der Waals surface area contributed by atoms with E-state index in [1.165, 1.54) is 31.5 Å². The zero-order chi connectivity index (χ0) is 22.9. The first-order chi connectivity index (χ1) is 14.6. The van der Waals surface area contributed by atoms with Gasteiger partial charge in [-0.15, -0.1) is 0 Å². The molecule has 0 saturated heterocycles. The van der Waals surface area contributed by atoms with Crippen molar-refractivity contribution in [3.8, 4) is 0 Å². The minimum atomic E-state index is -0.752. The summed E-state index contributed by atoms with van der Waals surface area (Å²) in [4.78, 5) is 42.3. The number of carbonyl (C=O) groups is 3. The zero-order valence-corrected chi connectivity index (χ0v) is 17.3. The number of allylic oxidation sites excluding steroid dienone is 2. The van der Waals surface area contributed by atoms with Gasteiger partial charge in [-0.3, -0.25) is 24.3 Å². The van der Waals surface area contributed by atoms with Crippen molar-refractivity contribution < 1.29 is 18.8 Å². The standard InChI is InChI=1S/C22H22FN5O3/c1-11-6-15(19-16(7-11)21(30)28(3)22(19)31)12(2)20(29)27-18(25)5-4-17(24)13-8-14(23)10-26-9-13/h4-10,12H,24-25H2,1-3H3,(H,27,29)/b17-4-,18-5+. The lowest BCUT2D eigenvalue weighted by Crippen LogP contribution is -2.32. The maximum atomic E-state index is 13.3. The number of nitrogens with zero attached hydrogens (tertiary/aromatic N) is 2. The van der Waals surface area contributed by atoms with Crippen molar-refractivity contribution in [2.45, 2.75) is 19.8 Å². The normalized spacial score (nSPS) is 15.2. The molecule has 160 valence electrons. The summed E-state index contributed by atoms with van der Waals surface area (Å²) in [6.45, 7) is 3.41. The molecule has 3 amide bonds. The number of hydrogen-bond donors (Lipinski definition) is 3. The molecular weight excluding hydrogens is 401 g/mol. The molecule has 1 atom stereocenters. The van der Waals surface area contributed by atoms with Gasteiger partial charge in [0.15, 0.2) is 0 Å². The Morgan fingerprint density at radius 3 is 2.55 bits per heavy atom. The molecule has 5 N–H and O–H groups in total. The first-order valence-corrected chi connectivity index (χ1v) is 9.41. The van der Waals surface area contributed by atoms with Crippen molar-refractivity contribution in [3.63, 3.8) is 0 Å². The van der Waals surface area contributed by atoms with Gasteiger partial charge in [0.2, 0.25) is 5.91 Å². The number of pyridine rings is 1. The molecular formula is C22H22FN5O3. The van der Waals surface area contributed by atoms with Crippen LogP contribution < -0.4 is 16.8 Å². The number of imide groups is 1. The number of hydrogen-bond acceptors (Lipinski definition) is 6. The van der Waals surface area contributed by atoms with Crippen LogP contribution in [0.5, 0.6) is 0 Å². The maximum Gasteiger partial charge on any atom is 0.261 e. The number of aryl methyl sites for hydroxylation is 1. The fraction of sp³-hybridized carbons (Fsp3) is 0.182. The summed E-state index contributed by atoms with van der Waals surface area (Å²) in [6, 6.07) is 4.57. The topological polar surface area (TPSA) is 131 Å². The lowest BCUT2D eigenvalue weighted by Gasteiger charge is -2.16. The van der Waals surface area contributed by atoms with Crippen LogP contribution in [0.15, 0.2) is 48.6 Å². The Balaban J connectivity index is 1.81. The van der Waals surface area contributed by atoms with Crippen molar-refractivity contribution >= 4 is 23.4 Å². The number of carbonyl (C=O) groups excluding carboxylic acids is 3. The van der Waals surface area contributed by atoms with Crippen molar-refractivity contribution in [1.82, 2.24) is 15.2 Å². The highest BCUT2D eigenvalue weighted by molar-refractivity contribution is 6.22. The van der Waals surface area contributed by atoms with Crippen LogP contribution in [0, 0.1) is 12.7 Å². The van der Waals surface area contributed by atoms with E-state index in [1.54, 1.807) is 26.0 Å². The van der Waals surface area contributed by atoms with Gasteiger partial charge in [-0.05, 0) is 49.3 Å². The van der Waals surface area contributed by atoms with Gasteiger partial charge in [-0.1, -0.05) is 6.07 Å². The summed E-state index contributed by atoms with van der Waals surface area (Å²) in [5.41, 5.74) is 14.0. The van der Waals surface area contributed by atoms with Gasteiger partial charge in [0.25, 0.3) is 11.8 Å². The third kappa shape index (κ3) is 4.30. The Morgan fingerprint density at radius 1 is 1.16 bits per heavy atom. The molecule has 1 aliphatic rings. The molecule has 1 unspecified atom stereocenters. The Bertz CT molecular complexity index is 1160. The van der Waals surface area contributed by atoms with E-state index in [1.807, 2.05) is 0 Å². The van der Waals surface area contributed by atoms with Crippen molar-refractivity contribution in [2.75, 3.05) is 7.05 Å². The molecule has 0 aliphatic carbocycles. The zero-order valence-electron chi connectivity index (χ0n) is 17.3. The summed E-state index contributed by atoms with van der Waals surface area (Å²) < 4.78 is 13.3. The van der Waals surface area contributed by atoms with Crippen molar-refractivity contribution in [1.29, 1.82) is 0 Å². The second-order valence-electron chi connectivity index (χ2n) is 7.29. The molecule has 31 heavy (non-hydrogen) atoms. The molecule has 9 heteroatoms. The summed E-state index contributed by atoms with van der Waals surface area (Å²) in [5, 5.41) is 2.54. The molecule has 2 aromatic rings. The molecule has 1 aromatic carbocycles. The fourth-order valence-corrected chi connectivity index (χ4v) is 3.28. The van der Waals surface area contributed by atoms with E-state index in [0.29, 0.717) is 11.1 Å². The molecule has 0 bridgehead atoms. The van der Waals surface area contributed by atoms with Crippen molar-refractivity contribution in [3.05, 3.63) is 82.2 Å². The SMILES string of the molecule is Cc1cc2c(c(C(C)C(=O)N/C(N)=C/C=C(\N)c3cncc(F)c3)c1)C(=O)N(C)C2=O. The molecule has 2 heterocycles. The first-order valence-electron chi connectivity index (χ1n) is 9.41. The number of nitrogens with two attached hydrogens (primary N) is 2. The quantitative estimate of drug-likeness (QED) is 0.496. The Hall–Kier alpha value is -4.01. The highest BCUT2D eigenvalue weighted by Gasteiger charge is 2.37. The minimum Gasteiger partial charge on any atom is -0.398 e. The highest BCUT2D eigenvalue weighted by atomic mass is 19.1. The smallest absolute Gasteiger partial charge is 0.261 e. The first kappa shape index (κ1) is 21.7. The predicted octanol–water partition coefficient (Wildman–Crippen LogP) is 1.77. The summed E-state index contributed by atoms with van der Waals surface area (Å²) in [6.07, 6.45) is 5.24. The number of amides is 3. The van der Waals surface area contributed by atoms with E-state index < -0.39 is 29.5 Å². The summed E-state index contributed by atoms with van der Waals surface area (Å²) in [7, 11) is 1.40. The molecule has 0 radical (unpaired) electrons. The van der Waals surface area contributed by atoms with Gasteiger partial charge >= 0.3 is 0 Å². The van der Waals surface area contributed by atoms with Gasteiger partial charge in [0.05, 0.1) is 23.2 Å². The number of rotatable bonds is 5.